The number of nitrogens with zero attached hydrogens (tertiary/aromatic N) is 5. The molecule has 1 aromatic heterocycles. The van der Waals surface area contributed by atoms with Gasteiger partial charge in [0.15, 0.2) is 5.84 Å². The van der Waals surface area contributed by atoms with E-state index >= 15 is 0 Å². The van der Waals surface area contributed by atoms with Crippen LogP contribution in [0.2, 0.25) is 0 Å². The fraction of sp³-hybridized carbons (Fsp3) is 0.316. The van der Waals surface area contributed by atoms with Gasteiger partial charge in [-0.15, -0.1) is 6.42 Å². The summed E-state index contributed by atoms with van der Waals surface area (Å²) in [5, 5.41) is 4.57. The first kappa shape index (κ1) is 15.9. The Morgan fingerprint density at radius 1 is 1.44 bits per heavy atom. The highest BCUT2D eigenvalue weighted by Crippen LogP contribution is 2.30. The van der Waals surface area contributed by atoms with E-state index in [1.165, 1.54) is 0 Å². The number of methoxy groups -OCH3 is 1. The smallest absolute Gasteiger partial charge is 0.237 e. The molecular weight excluding hydrogens is 344 g/mol. The van der Waals surface area contributed by atoms with E-state index in [0.717, 1.165) is 34.0 Å². The topological polar surface area (TPSA) is 76.3 Å². The Morgan fingerprint density at radius 3 is 3.15 bits per heavy atom. The molecule has 1 aromatic carbocycles. The maximum atomic E-state index is 5.67. The van der Waals surface area contributed by atoms with Crippen molar-refractivity contribution in [3.63, 3.8) is 0 Å². The SMILES string of the molecule is C#Cc1ccc2c(c1)C1=NNC(COC)N1Cc1c(C3=NCCO3)ncn1-2. The van der Waals surface area contributed by atoms with Crippen LogP contribution in [-0.2, 0) is 16.0 Å². The van der Waals surface area contributed by atoms with Gasteiger partial charge in [-0.05, 0) is 18.2 Å². The Hall–Kier alpha value is -3.31. The third-order valence-electron chi connectivity index (χ3n) is 4.93. The van der Waals surface area contributed by atoms with Gasteiger partial charge in [-0.25, -0.2) is 9.98 Å². The van der Waals surface area contributed by atoms with Crippen molar-refractivity contribution in [2.75, 3.05) is 26.9 Å². The fourth-order valence-corrected chi connectivity index (χ4v) is 3.67. The molecule has 8 nitrogen and oxygen atoms in total. The number of imidazole rings is 1. The lowest BCUT2D eigenvalue weighted by Gasteiger charge is -2.25. The Morgan fingerprint density at radius 2 is 2.37 bits per heavy atom. The number of terminal acetylenes is 1. The molecule has 2 aromatic rings. The number of aliphatic imine (C=N–C) groups is 1. The average molecular weight is 362 g/mol. The second kappa shape index (κ2) is 6.14. The number of benzene rings is 1. The van der Waals surface area contributed by atoms with Gasteiger partial charge in [0.2, 0.25) is 5.90 Å². The van der Waals surface area contributed by atoms with Gasteiger partial charge in [-0.2, -0.15) is 5.10 Å². The van der Waals surface area contributed by atoms with Crippen LogP contribution in [0, 0.1) is 12.3 Å². The molecule has 5 rings (SSSR count). The summed E-state index contributed by atoms with van der Waals surface area (Å²) in [4.78, 5) is 11.2. The first-order chi connectivity index (χ1) is 13.3. The molecule has 0 saturated carbocycles. The van der Waals surface area contributed by atoms with Crippen LogP contribution in [0.15, 0.2) is 34.6 Å². The van der Waals surface area contributed by atoms with Crippen LogP contribution in [-0.4, -0.2) is 59.2 Å². The minimum absolute atomic E-state index is 0.0759. The molecule has 8 heteroatoms. The molecule has 1 unspecified atom stereocenters. The highest BCUT2D eigenvalue weighted by atomic mass is 16.5. The van der Waals surface area contributed by atoms with Crippen molar-refractivity contribution in [3.8, 4) is 18.0 Å². The lowest BCUT2D eigenvalue weighted by atomic mass is 10.1. The van der Waals surface area contributed by atoms with Gasteiger partial charge in [0, 0.05) is 18.2 Å². The molecule has 0 radical (unpaired) electrons. The van der Waals surface area contributed by atoms with Gasteiger partial charge in [0.1, 0.15) is 24.8 Å². The van der Waals surface area contributed by atoms with Gasteiger partial charge in [-0.1, -0.05) is 5.92 Å². The van der Waals surface area contributed by atoms with Crippen molar-refractivity contribution in [2.45, 2.75) is 12.7 Å². The number of hydrogen-bond donors (Lipinski definition) is 1. The third kappa shape index (κ3) is 2.39. The Labute approximate surface area is 156 Å². The quantitative estimate of drug-likeness (QED) is 0.813. The molecule has 3 aliphatic heterocycles. The molecule has 1 N–H and O–H groups in total. The van der Waals surface area contributed by atoms with Crippen LogP contribution < -0.4 is 5.43 Å². The lowest BCUT2D eigenvalue weighted by molar-refractivity contribution is 0.118. The van der Waals surface area contributed by atoms with Crippen LogP contribution in [0.25, 0.3) is 5.69 Å². The predicted molar refractivity (Wildman–Crippen MR) is 99.7 cm³/mol. The molecule has 4 heterocycles. The van der Waals surface area contributed by atoms with Crippen LogP contribution in [0.4, 0.5) is 0 Å². The summed E-state index contributed by atoms with van der Waals surface area (Å²) in [6.45, 7) is 2.35. The Bertz CT molecular complexity index is 1020. The number of aromatic nitrogens is 2. The van der Waals surface area contributed by atoms with E-state index in [1.54, 1.807) is 7.11 Å². The standard InChI is InChI=1S/C19H18N6O2/c1-3-12-4-5-14-13(8-12)18-23-22-16(10-26-2)24(18)9-15-17(21-11-25(14)15)19-20-6-7-27-19/h1,4-5,8,11,16,22H,6-7,9-10H2,2H3. The minimum atomic E-state index is -0.0759. The minimum Gasteiger partial charge on any atom is -0.474 e. The molecule has 0 fully saturated rings. The maximum absolute atomic E-state index is 5.67. The van der Waals surface area contributed by atoms with E-state index in [0.29, 0.717) is 32.2 Å². The lowest BCUT2D eigenvalue weighted by Crippen LogP contribution is -2.42. The Kier molecular flexibility index (Phi) is 3.62. The number of amidine groups is 1. The second-order valence-corrected chi connectivity index (χ2v) is 6.49. The van der Waals surface area contributed by atoms with E-state index < -0.39 is 0 Å². The number of hydrogen-bond acceptors (Lipinski definition) is 7. The molecule has 0 bridgehead atoms. The second-order valence-electron chi connectivity index (χ2n) is 6.49. The summed E-state index contributed by atoms with van der Waals surface area (Å²) in [5.74, 6) is 4.14. The molecule has 0 spiro atoms. The number of hydrazone groups is 1. The molecule has 136 valence electrons. The normalized spacial score (nSPS) is 19.7. The largest absolute Gasteiger partial charge is 0.474 e. The molecule has 1 atom stereocenters. The van der Waals surface area contributed by atoms with Crippen molar-refractivity contribution >= 4 is 11.7 Å². The number of nitrogens with one attached hydrogen (secondary N) is 1. The summed E-state index contributed by atoms with van der Waals surface area (Å²) in [6, 6.07) is 5.92. The van der Waals surface area contributed by atoms with E-state index in [1.807, 2.05) is 24.5 Å². The molecular formula is C19H18N6O2. The van der Waals surface area contributed by atoms with Gasteiger partial charge >= 0.3 is 0 Å². The summed E-state index contributed by atoms with van der Waals surface area (Å²) in [5.41, 5.74) is 7.66. The van der Waals surface area contributed by atoms with Crippen molar-refractivity contribution in [1.29, 1.82) is 0 Å². The van der Waals surface area contributed by atoms with Crippen LogP contribution in [0.1, 0.15) is 22.5 Å². The number of rotatable bonds is 3. The van der Waals surface area contributed by atoms with Crippen LogP contribution >= 0.6 is 0 Å². The zero-order valence-corrected chi connectivity index (χ0v) is 14.8. The molecule has 3 aliphatic rings. The predicted octanol–water partition coefficient (Wildman–Crippen LogP) is 0.683. The molecule has 0 saturated heterocycles. The monoisotopic (exact) mass is 362 g/mol. The van der Waals surface area contributed by atoms with E-state index in [9.17, 15) is 0 Å². The third-order valence-corrected chi connectivity index (χ3v) is 4.93. The number of ether oxygens (including phenoxy) is 2. The molecule has 27 heavy (non-hydrogen) atoms. The van der Waals surface area contributed by atoms with Crippen molar-refractivity contribution in [3.05, 3.63) is 47.0 Å². The summed E-state index contributed by atoms with van der Waals surface area (Å²) in [6.07, 6.45) is 7.36. The van der Waals surface area contributed by atoms with E-state index in [-0.39, 0.29) is 6.17 Å². The van der Waals surface area contributed by atoms with Gasteiger partial charge < -0.3 is 14.4 Å². The fourth-order valence-electron chi connectivity index (χ4n) is 3.67. The zero-order valence-electron chi connectivity index (χ0n) is 14.8. The van der Waals surface area contributed by atoms with Crippen molar-refractivity contribution in [2.24, 2.45) is 10.1 Å². The van der Waals surface area contributed by atoms with Crippen LogP contribution in [0.3, 0.4) is 0 Å². The van der Waals surface area contributed by atoms with Crippen molar-refractivity contribution in [1.82, 2.24) is 19.9 Å². The van der Waals surface area contributed by atoms with Crippen LogP contribution in [0.5, 0.6) is 0 Å². The first-order valence-electron chi connectivity index (χ1n) is 8.74. The highest BCUT2D eigenvalue weighted by molar-refractivity contribution is 6.04. The summed E-state index contributed by atoms with van der Waals surface area (Å²) < 4.78 is 13.1. The zero-order chi connectivity index (χ0) is 18.4. The molecule has 0 amide bonds. The van der Waals surface area contributed by atoms with E-state index in [4.69, 9.17) is 15.9 Å². The van der Waals surface area contributed by atoms with Crippen molar-refractivity contribution < 1.29 is 9.47 Å². The Balaban J connectivity index is 1.70. The van der Waals surface area contributed by atoms with Gasteiger partial charge in [-0.3, -0.25) is 9.99 Å². The number of fused-ring (bicyclic) bond motifs is 5. The van der Waals surface area contributed by atoms with Gasteiger partial charge in [0.05, 0.1) is 31.1 Å². The first-order valence-corrected chi connectivity index (χ1v) is 8.74. The summed E-state index contributed by atoms with van der Waals surface area (Å²) >= 11 is 0. The summed E-state index contributed by atoms with van der Waals surface area (Å²) in [7, 11) is 1.68. The molecule has 0 aliphatic carbocycles. The average Bonchev–Trinajstić information content (AvgIpc) is 3.41. The highest BCUT2D eigenvalue weighted by Gasteiger charge is 2.36. The van der Waals surface area contributed by atoms with E-state index in [2.05, 4.69) is 35.9 Å². The van der Waals surface area contributed by atoms with Gasteiger partial charge in [0.25, 0.3) is 0 Å². The maximum Gasteiger partial charge on any atom is 0.237 e.